The van der Waals surface area contributed by atoms with E-state index in [0.29, 0.717) is 36.5 Å². The third kappa shape index (κ3) is 5.55. The largest absolute Gasteiger partial charge is 0.447 e. The molecule has 3 rings (SSSR count). The van der Waals surface area contributed by atoms with Gasteiger partial charge in [0.2, 0.25) is 5.91 Å². The Balaban J connectivity index is 1.63. The maximum Gasteiger partial charge on any atom is 0.411 e. The van der Waals surface area contributed by atoms with Crippen molar-refractivity contribution in [2.45, 2.75) is 12.8 Å². The average molecular weight is 397 g/mol. The average Bonchev–Trinajstić information content (AvgIpc) is 3.14. The van der Waals surface area contributed by atoms with Crippen LogP contribution in [0.25, 0.3) is 0 Å². The summed E-state index contributed by atoms with van der Waals surface area (Å²) in [6.45, 7) is 1.12. The molecule has 0 aliphatic carbocycles. The number of ether oxygens (including phenoxy) is 2. The van der Waals surface area contributed by atoms with Crippen LogP contribution in [0.2, 0.25) is 0 Å². The SMILES string of the molecule is COCCOC(=O)Nc1cccc(NC(=O)c2cccc(N3CCCC3=O)c2)c1. The number of benzene rings is 2. The number of rotatable bonds is 7. The predicted octanol–water partition coefficient (Wildman–Crippen LogP) is 3.26. The number of hydrogen-bond acceptors (Lipinski definition) is 5. The Hall–Kier alpha value is -3.39. The lowest BCUT2D eigenvalue weighted by Crippen LogP contribution is -2.24. The van der Waals surface area contributed by atoms with E-state index in [4.69, 9.17) is 9.47 Å². The first-order valence-corrected chi connectivity index (χ1v) is 9.31. The fraction of sp³-hybridized carbons (Fsp3) is 0.286. The molecule has 1 heterocycles. The minimum atomic E-state index is -0.603. The summed E-state index contributed by atoms with van der Waals surface area (Å²) in [5.74, 6) is -0.239. The fourth-order valence-corrected chi connectivity index (χ4v) is 2.99. The lowest BCUT2D eigenvalue weighted by atomic mass is 10.1. The summed E-state index contributed by atoms with van der Waals surface area (Å²) in [5, 5.41) is 5.39. The highest BCUT2D eigenvalue weighted by Gasteiger charge is 2.22. The number of hydrogen-bond donors (Lipinski definition) is 2. The number of carbonyl (C=O) groups is 3. The van der Waals surface area contributed by atoms with Crippen LogP contribution in [0.3, 0.4) is 0 Å². The highest BCUT2D eigenvalue weighted by atomic mass is 16.6. The molecule has 0 atom stereocenters. The van der Waals surface area contributed by atoms with Gasteiger partial charge in [0.15, 0.2) is 0 Å². The quantitative estimate of drug-likeness (QED) is 0.699. The Kier molecular flexibility index (Phi) is 6.80. The molecule has 0 aromatic heterocycles. The van der Waals surface area contributed by atoms with Crippen molar-refractivity contribution in [3.05, 3.63) is 54.1 Å². The number of anilines is 3. The van der Waals surface area contributed by atoms with Gasteiger partial charge in [-0.1, -0.05) is 12.1 Å². The molecule has 0 spiro atoms. The molecule has 152 valence electrons. The van der Waals surface area contributed by atoms with Gasteiger partial charge in [0.1, 0.15) is 6.61 Å². The van der Waals surface area contributed by atoms with Crippen LogP contribution in [0, 0.1) is 0 Å². The van der Waals surface area contributed by atoms with Crippen molar-refractivity contribution in [3.8, 4) is 0 Å². The van der Waals surface area contributed by atoms with Crippen molar-refractivity contribution in [2.24, 2.45) is 0 Å². The van der Waals surface area contributed by atoms with Gasteiger partial charge in [0, 0.05) is 42.7 Å². The normalized spacial score (nSPS) is 13.3. The molecular weight excluding hydrogens is 374 g/mol. The summed E-state index contributed by atoms with van der Waals surface area (Å²) in [5.41, 5.74) is 2.17. The molecule has 0 radical (unpaired) electrons. The van der Waals surface area contributed by atoms with Crippen LogP contribution in [0.1, 0.15) is 23.2 Å². The van der Waals surface area contributed by atoms with E-state index in [1.54, 1.807) is 47.4 Å². The van der Waals surface area contributed by atoms with Crippen molar-refractivity contribution in [1.29, 1.82) is 0 Å². The van der Waals surface area contributed by atoms with Gasteiger partial charge in [-0.2, -0.15) is 0 Å². The van der Waals surface area contributed by atoms with Gasteiger partial charge in [0.25, 0.3) is 5.91 Å². The Morgan fingerprint density at radius 3 is 2.52 bits per heavy atom. The molecule has 0 saturated carbocycles. The minimum Gasteiger partial charge on any atom is -0.447 e. The van der Waals surface area contributed by atoms with Gasteiger partial charge in [-0.25, -0.2) is 4.79 Å². The first kappa shape index (κ1) is 20.3. The minimum absolute atomic E-state index is 0.0683. The third-order valence-corrected chi connectivity index (χ3v) is 4.38. The molecule has 1 saturated heterocycles. The second-order valence-electron chi connectivity index (χ2n) is 6.49. The van der Waals surface area contributed by atoms with Crippen LogP contribution in [0.15, 0.2) is 48.5 Å². The molecular formula is C21H23N3O5. The zero-order valence-electron chi connectivity index (χ0n) is 16.1. The maximum absolute atomic E-state index is 12.6. The molecule has 0 bridgehead atoms. The van der Waals surface area contributed by atoms with E-state index in [0.717, 1.165) is 12.1 Å². The van der Waals surface area contributed by atoms with E-state index in [1.807, 2.05) is 6.07 Å². The van der Waals surface area contributed by atoms with Crippen molar-refractivity contribution in [2.75, 3.05) is 42.4 Å². The lowest BCUT2D eigenvalue weighted by molar-refractivity contribution is -0.117. The summed E-state index contributed by atoms with van der Waals surface area (Å²) in [4.78, 5) is 38.0. The highest BCUT2D eigenvalue weighted by molar-refractivity contribution is 6.06. The molecule has 1 aliphatic rings. The molecule has 8 nitrogen and oxygen atoms in total. The maximum atomic E-state index is 12.6. The van der Waals surface area contributed by atoms with Gasteiger partial charge in [0.05, 0.1) is 6.61 Å². The Bertz CT molecular complexity index is 899. The summed E-state index contributed by atoms with van der Waals surface area (Å²) in [6.07, 6.45) is 0.751. The number of nitrogens with zero attached hydrogens (tertiary/aromatic N) is 1. The van der Waals surface area contributed by atoms with E-state index in [1.165, 1.54) is 7.11 Å². The van der Waals surface area contributed by atoms with Crippen molar-refractivity contribution in [3.63, 3.8) is 0 Å². The monoisotopic (exact) mass is 397 g/mol. The van der Waals surface area contributed by atoms with E-state index in [2.05, 4.69) is 10.6 Å². The molecule has 1 aliphatic heterocycles. The van der Waals surface area contributed by atoms with Gasteiger partial charge < -0.3 is 19.7 Å². The van der Waals surface area contributed by atoms with E-state index >= 15 is 0 Å². The fourth-order valence-electron chi connectivity index (χ4n) is 2.99. The van der Waals surface area contributed by atoms with Gasteiger partial charge in [-0.15, -0.1) is 0 Å². The third-order valence-electron chi connectivity index (χ3n) is 4.38. The highest BCUT2D eigenvalue weighted by Crippen LogP contribution is 2.23. The van der Waals surface area contributed by atoms with Gasteiger partial charge in [-0.3, -0.25) is 14.9 Å². The summed E-state index contributed by atoms with van der Waals surface area (Å²) < 4.78 is 9.77. The first-order chi connectivity index (χ1) is 14.1. The van der Waals surface area contributed by atoms with Crippen LogP contribution in [0.4, 0.5) is 21.9 Å². The number of amides is 3. The number of carbonyl (C=O) groups excluding carboxylic acids is 3. The molecule has 8 heteroatoms. The standard InChI is InChI=1S/C21H23N3O5/c1-28-11-12-29-21(27)23-17-7-3-6-16(14-17)22-20(26)15-5-2-8-18(13-15)24-10-4-9-19(24)25/h2-3,5-8,13-14H,4,9-12H2,1H3,(H,22,26)(H,23,27). The summed E-state index contributed by atoms with van der Waals surface area (Å²) in [6, 6.07) is 13.7. The van der Waals surface area contributed by atoms with Crippen LogP contribution in [0.5, 0.6) is 0 Å². The summed E-state index contributed by atoms with van der Waals surface area (Å²) in [7, 11) is 1.52. The summed E-state index contributed by atoms with van der Waals surface area (Å²) >= 11 is 0. The van der Waals surface area contributed by atoms with Crippen LogP contribution < -0.4 is 15.5 Å². The number of nitrogens with one attached hydrogen (secondary N) is 2. The second kappa shape index (κ2) is 9.70. The van der Waals surface area contributed by atoms with Crippen molar-refractivity contribution in [1.82, 2.24) is 0 Å². The smallest absolute Gasteiger partial charge is 0.411 e. The molecule has 1 fully saturated rings. The zero-order valence-corrected chi connectivity index (χ0v) is 16.1. The molecule has 2 N–H and O–H groups in total. The Morgan fingerprint density at radius 1 is 1.03 bits per heavy atom. The molecule has 29 heavy (non-hydrogen) atoms. The first-order valence-electron chi connectivity index (χ1n) is 9.31. The van der Waals surface area contributed by atoms with Gasteiger partial charge in [-0.05, 0) is 42.8 Å². The van der Waals surface area contributed by atoms with Crippen LogP contribution in [-0.2, 0) is 14.3 Å². The van der Waals surface area contributed by atoms with E-state index in [-0.39, 0.29) is 18.4 Å². The number of methoxy groups -OCH3 is 1. The molecule has 3 amide bonds. The van der Waals surface area contributed by atoms with Crippen LogP contribution in [-0.4, -0.2) is 44.8 Å². The molecule has 2 aromatic carbocycles. The second-order valence-corrected chi connectivity index (χ2v) is 6.49. The van der Waals surface area contributed by atoms with Crippen molar-refractivity contribution < 1.29 is 23.9 Å². The van der Waals surface area contributed by atoms with Crippen molar-refractivity contribution >= 4 is 35.0 Å². The Morgan fingerprint density at radius 2 is 1.79 bits per heavy atom. The topological polar surface area (TPSA) is 97.0 Å². The van der Waals surface area contributed by atoms with Crippen LogP contribution >= 0.6 is 0 Å². The van der Waals surface area contributed by atoms with E-state index in [9.17, 15) is 14.4 Å². The van der Waals surface area contributed by atoms with E-state index < -0.39 is 6.09 Å². The lowest BCUT2D eigenvalue weighted by Gasteiger charge is -2.16. The Labute approximate surface area is 168 Å². The molecule has 0 unspecified atom stereocenters. The zero-order chi connectivity index (χ0) is 20.6. The predicted molar refractivity (Wildman–Crippen MR) is 109 cm³/mol. The van der Waals surface area contributed by atoms with Gasteiger partial charge >= 0.3 is 6.09 Å². The molecule has 2 aromatic rings.